The molecule has 2 N–H and O–H groups in total. The Balaban J connectivity index is 1.49. The fraction of sp³-hybridized carbons (Fsp3) is 0.211. The third-order valence-corrected chi connectivity index (χ3v) is 5.64. The van der Waals surface area contributed by atoms with Crippen LogP contribution in [0.4, 0.5) is 0 Å². The van der Waals surface area contributed by atoms with Gasteiger partial charge in [-0.1, -0.05) is 18.2 Å². The predicted molar refractivity (Wildman–Crippen MR) is 97.5 cm³/mol. The zero-order chi connectivity index (χ0) is 19.3. The van der Waals surface area contributed by atoms with Gasteiger partial charge in [-0.25, -0.2) is 8.42 Å². The summed E-state index contributed by atoms with van der Waals surface area (Å²) in [5, 5.41) is 12.6. The van der Waals surface area contributed by atoms with Crippen molar-refractivity contribution in [2.24, 2.45) is 0 Å². The van der Waals surface area contributed by atoms with Crippen LogP contribution < -0.4 is 5.32 Å². The Hall–Kier alpha value is -2.84. The Morgan fingerprint density at radius 2 is 1.81 bits per heavy atom. The molecular formula is C19H19NO6S. The SMILES string of the molecule is O=C(CCS(=O)(=O)c1ccccc1)NCC(O)c1ccc(-c2ccco2)o1. The average Bonchev–Trinajstić information content (AvgIpc) is 3.36. The molecule has 0 fully saturated rings. The number of carbonyl (C=O) groups excluding carboxylic acids is 1. The summed E-state index contributed by atoms with van der Waals surface area (Å²) in [7, 11) is -3.52. The van der Waals surface area contributed by atoms with Crippen molar-refractivity contribution in [1.29, 1.82) is 0 Å². The number of hydrogen-bond donors (Lipinski definition) is 2. The molecule has 3 rings (SSSR count). The van der Waals surface area contributed by atoms with Gasteiger partial charge in [0, 0.05) is 6.42 Å². The molecule has 8 heteroatoms. The number of carbonyl (C=O) groups is 1. The van der Waals surface area contributed by atoms with Crippen molar-refractivity contribution >= 4 is 15.7 Å². The molecule has 0 saturated heterocycles. The van der Waals surface area contributed by atoms with E-state index >= 15 is 0 Å². The number of amides is 1. The first-order valence-corrected chi connectivity index (χ1v) is 9.97. The van der Waals surface area contributed by atoms with Crippen molar-refractivity contribution in [3.05, 3.63) is 66.6 Å². The van der Waals surface area contributed by atoms with Crippen LogP contribution in [0.3, 0.4) is 0 Å². The van der Waals surface area contributed by atoms with Gasteiger partial charge in [0.15, 0.2) is 21.4 Å². The highest BCUT2D eigenvalue weighted by Gasteiger charge is 2.18. The first-order chi connectivity index (χ1) is 13.0. The molecule has 142 valence electrons. The van der Waals surface area contributed by atoms with Crippen LogP contribution in [-0.4, -0.2) is 31.7 Å². The Morgan fingerprint density at radius 3 is 2.52 bits per heavy atom. The summed E-state index contributed by atoms with van der Waals surface area (Å²) >= 11 is 0. The number of furan rings is 2. The Labute approximate surface area is 156 Å². The minimum absolute atomic E-state index is 0.0880. The summed E-state index contributed by atoms with van der Waals surface area (Å²) in [6, 6.07) is 14.7. The van der Waals surface area contributed by atoms with E-state index in [2.05, 4.69) is 5.32 Å². The summed E-state index contributed by atoms with van der Waals surface area (Å²) in [5.41, 5.74) is 0. The minimum atomic E-state index is -3.52. The zero-order valence-corrected chi connectivity index (χ0v) is 15.2. The summed E-state index contributed by atoms with van der Waals surface area (Å²) in [5.74, 6) is 0.505. The van der Waals surface area contributed by atoms with E-state index in [1.54, 1.807) is 42.5 Å². The lowest BCUT2D eigenvalue weighted by molar-refractivity contribution is -0.121. The van der Waals surface area contributed by atoms with Crippen LogP contribution in [0.25, 0.3) is 11.5 Å². The molecular weight excluding hydrogens is 370 g/mol. The van der Waals surface area contributed by atoms with Crippen molar-refractivity contribution < 1.29 is 27.2 Å². The first-order valence-electron chi connectivity index (χ1n) is 8.32. The van der Waals surface area contributed by atoms with Crippen LogP contribution in [0, 0.1) is 0 Å². The molecule has 7 nitrogen and oxygen atoms in total. The maximum Gasteiger partial charge on any atom is 0.221 e. The molecule has 1 aromatic carbocycles. The molecule has 0 aliphatic heterocycles. The maximum atomic E-state index is 12.2. The summed E-state index contributed by atoms with van der Waals surface area (Å²) < 4.78 is 35.0. The number of hydrogen-bond acceptors (Lipinski definition) is 6. The Bertz CT molecular complexity index is 976. The molecule has 27 heavy (non-hydrogen) atoms. The number of benzene rings is 1. The third kappa shape index (κ3) is 4.87. The Morgan fingerprint density at radius 1 is 1.04 bits per heavy atom. The van der Waals surface area contributed by atoms with Crippen LogP contribution in [0.2, 0.25) is 0 Å². The molecule has 0 bridgehead atoms. The van der Waals surface area contributed by atoms with Gasteiger partial charge in [0.1, 0.15) is 11.9 Å². The molecule has 0 spiro atoms. The molecule has 0 saturated carbocycles. The smallest absolute Gasteiger partial charge is 0.221 e. The fourth-order valence-corrected chi connectivity index (χ4v) is 3.72. The van der Waals surface area contributed by atoms with Crippen LogP contribution in [-0.2, 0) is 14.6 Å². The van der Waals surface area contributed by atoms with E-state index in [0.29, 0.717) is 11.5 Å². The number of aliphatic hydroxyl groups excluding tert-OH is 1. The van der Waals surface area contributed by atoms with E-state index < -0.39 is 21.8 Å². The molecule has 2 aromatic heterocycles. The molecule has 1 unspecified atom stereocenters. The molecule has 0 radical (unpaired) electrons. The lowest BCUT2D eigenvalue weighted by Gasteiger charge is -2.10. The van der Waals surface area contributed by atoms with Gasteiger partial charge in [0.2, 0.25) is 5.91 Å². The second kappa shape index (κ2) is 8.24. The van der Waals surface area contributed by atoms with Gasteiger partial charge in [-0.3, -0.25) is 4.79 Å². The number of sulfone groups is 1. The number of nitrogens with one attached hydrogen (secondary N) is 1. The van der Waals surface area contributed by atoms with Gasteiger partial charge < -0.3 is 19.3 Å². The van der Waals surface area contributed by atoms with E-state index in [1.165, 1.54) is 18.4 Å². The van der Waals surface area contributed by atoms with Crippen molar-refractivity contribution in [1.82, 2.24) is 5.32 Å². The average molecular weight is 389 g/mol. The highest BCUT2D eigenvalue weighted by atomic mass is 32.2. The monoisotopic (exact) mass is 389 g/mol. The van der Waals surface area contributed by atoms with E-state index in [9.17, 15) is 18.3 Å². The standard InChI is InChI=1S/C19H19NO6S/c21-15(16-8-9-18(26-16)17-7-4-11-25-17)13-20-19(22)10-12-27(23,24)14-5-2-1-3-6-14/h1-9,11,15,21H,10,12-13H2,(H,20,22). The molecule has 1 amide bonds. The molecule has 2 heterocycles. The van der Waals surface area contributed by atoms with Crippen molar-refractivity contribution in [3.63, 3.8) is 0 Å². The van der Waals surface area contributed by atoms with Gasteiger partial charge in [-0.05, 0) is 36.4 Å². The van der Waals surface area contributed by atoms with Gasteiger partial charge in [0.05, 0.1) is 23.5 Å². The van der Waals surface area contributed by atoms with Crippen LogP contribution >= 0.6 is 0 Å². The summed E-state index contributed by atoms with van der Waals surface area (Å²) in [6.45, 7) is -0.0880. The minimum Gasteiger partial charge on any atom is -0.461 e. The normalized spacial score (nSPS) is 12.6. The highest BCUT2D eigenvalue weighted by Crippen LogP contribution is 2.25. The van der Waals surface area contributed by atoms with E-state index in [0.717, 1.165) is 0 Å². The van der Waals surface area contributed by atoms with Crippen LogP contribution in [0.5, 0.6) is 0 Å². The van der Waals surface area contributed by atoms with Crippen molar-refractivity contribution in [2.45, 2.75) is 17.4 Å². The second-order valence-electron chi connectivity index (χ2n) is 5.88. The highest BCUT2D eigenvalue weighted by molar-refractivity contribution is 7.91. The predicted octanol–water partition coefficient (Wildman–Crippen LogP) is 2.55. The molecule has 3 aromatic rings. The molecule has 1 atom stereocenters. The van der Waals surface area contributed by atoms with Crippen LogP contribution in [0.15, 0.2) is 74.6 Å². The van der Waals surface area contributed by atoms with Crippen LogP contribution in [0.1, 0.15) is 18.3 Å². The quantitative estimate of drug-likeness (QED) is 0.613. The lowest BCUT2D eigenvalue weighted by Crippen LogP contribution is -2.29. The maximum absolute atomic E-state index is 12.2. The van der Waals surface area contributed by atoms with Gasteiger partial charge >= 0.3 is 0 Å². The van der Waals surface area contributed by atoms with E-state index in [1.807, 2.05) is 0 Å². The Kier molecular flexibility index (Phi) is 5.78. The van der Waals surface area contributed by atoms with E-state index in [4.69, 9.17) is 8.83 Å². The summed E-state index contributed by atoms with van der Waals surface area (Å²) in [4.78, 5) is 12.1. The largest absolute Gasteiger partial charge is 0.461 e. The van der Waals surface area contributed by atoms with Gasteiger partial charge in [0.25, 0.3) is 0 Å². The van der Waals surface area contributed by atoms with E-state index in [-0.39, 0.29) is 29.4 Å². The number of aliphatic hydroxyl groups is 1. The zero-order valence-electron chi connectivity index (χ0n) is 14.4. The number of rotatable bonds is 8. The molecule has 0 aliphatic carbocycles. The van der Waals surface area contributed by atoms with Crippen molar-refractivity contribution in [3.8, 4) is 11.5 Å². The van der Waals surface area contributed by atoms with Gasteiger partial charge in [-0.2, -0.15) is 0 Å². The first kappa shape index (κ1) is 18.9. The fourth-order valence-electron chi connectivity index (χ4n) is 2.46. The summed E-state index contributed by atoms with van der Waals surface area (Å²) in [6.07, 6.45) is 0.264. The van der Waals surface area contributed by atoms with Gasteiger partial charge in [-0.15, -0.1) is 0 Å². The van der Waals surface area contributed by atoms with Crippen molar-refractivity contribution in [2.75, 3.05) is 12.3 Å². The third-order valence-electron chi connectivity index (χ3n) is 3.91. The second-order valence-corrected chi connectivity index (χ2v) is 7.99. The molecule has 0 aliphatic rings. The topological polar surface area (TPSA) is 110 Å². The lowest BCUT2D eigenvalue weighted by atomic mass is 10.2.